The number of amides is 1. The van der Waals surface area contributed by atoms with E-state index in [1.54, 1.807) is 0 Å². The Labute approximate surface area is 176 Å². The second kappa shape index (κ2) is 10.9. The first-order valence-corrected chi connectivity index (χ1v) is 10.5. The molecule has 1 aliphatic heterocycles. The molecule has 2 fully saturated rings. The molecule has 1 heterocycles. The number of piperidine rings is 1. The second-order valence-corrected chi connectivity index (χ2v) is 8.60. The number of carbonyl (C=O) groups excluding carboxylic acids is 2. The summed E-state index contributed by atoms with van der Waals surface area (Å²) < 4.78 is 5.40. The number of ether oxygens (including phenoxy) is 1. The molecule has 5 atom stereocenters. The molecular weight excluding hydrogens is 392 g/mol. The molecule has 30 heavy (non-hydrogen) atoms. The van der Waals surface area contributed by atoms with Crippen LogP contribution in [0, 0.1) is 17.8 Å². The maximum absolute atomic E-state index is 12.4. The van der Waals surface area contributed by atoms with Gasteiger partial charge < -0.3 is 31.3 Å². The summed E-state index contributed by atoms with van der Waals surface area (Å²) in [7, 11) is 0. The highest BCUT2D eigenvalue weighted by Gasteiger charge is 2.41. The molecule has 5 unspecified atom stereocenters. The van der Waals surface area contributed by atoms with E-state index in [1.807, 2.05) is 12.5 Å². The molecule has 0 aromatic rings. The average Bonchev–Trinajstić information content (AvgIpc) is 2.66. The van der Waals surface area contributed by atoms with Gasteiger partial charge in [-0.05, 0) is 56.9 Å². The van der Waals surface area contributed by atoms with E-state index < -0.39 is 5.79 Å². The molecule has 0 aromatic carbocycles. The van der Waals surface area contributed by atoms with Gasteiger partial charge in [0.2, 0.25) is 11.7 Å². The van der Waals surface area contributed by atoms with Crippen LogP contribution in [0.5, 0.6) is 0 Å². The average molecular weight is 429 g/mol. The summed E-state index contributed by atoms with van der Waals surface area (Å²) in [6.45, 7) is 4.31. The lowest BCUT2D eigenvalue weighted by atomic mass is 9.68. The van der Waals surface area contributed by atoms with E-state index in [0.717, 1.165) is 25.8 Å². The topological polar surface area (TPSA) is 184 Å². The van der Waals surface area contributed by atoms with Crippen molar-refractivity contribution in [1.82, 2.24) is 16.2 Å². The van der Waals surface area contributed by atoms with Gasteiger partial charge in [0.1, 0.15) is 6.04 Å². The van der Waals surface area contributed by atoms with Crippen LogP contribution in [-0.2, 0) is 14.3 Å². The maximum atomic E-state index is 12.4. The summed E-state index contributed by atoms with van der Waals surface area (Å²) in [4.78, 5) is 23.5. The number of esters is 1. The van der Waals surface area contributed by atoms with Crippen LogP contribution < -0.4 is 27.7 Å². The van der Waals surface area contributed by atoms with E-state index in [-0.39, 0.29) is 48.7 Å². The number of hydrazine groups is 1. The Morgan fingerprint density at radius 2 is 2.03 bits per heavy atom. The van der Waals surface area contributed by atoms with Gasteiger partial charge >= 0.3 is 5.97 Å². The Morgan fingerprint density at radius 1 is 1.30 bits per heavy atom. The molecule has 1 saturated carbocycles. The van der Waals surface area contributed by atoms with Crippen molar-refractivity contribution in [3.63, 3.8) is 0 Å². The third-order valence-corrected chi connectivity index (χ3v) is 6.11. The van der Waals surface area contributed by atoms with Crippen molar-refractivity contribution in [3.05, 3.63) is 0 Å². The molecule has 11 heteroatoms. The lowest BCUT2D eigenvalue weighted by Gasteiger charge is -2.43. The summed E-state index contributed by atoms with van der Waals surface area (Å²) in [5.74, 6) is 2.87. The fraction of sp³-hybridized carbons (Fsp3) is 0.842. The highest BCUT2D eigenvalue weighted by molar-refractivity contribution is 5.86. The standard InChI is InChI=1S/C19H36N6O5/c1-11(23-12(2)26)5-6-30-17(27)16-8-15-7-13(3-4-14(15)10-22-16)9-19(28,29)18(20)24-25-21/h11,13-16,22,25,28-29H,3-10,21H2,1-2H3,(H2,20,24)(H,23,26). The first kappa shape index (κ1) is 24.3. The van der Waals surface area contributed by atoms with Crippen molar-refractivity contribution >= 4 is 17.7 Å². The molecule has 0 spiro atoms. The number of hydrazone groups is 1. The molecule has 0 radical (unpaired) electrons. The van der Waals surface area contributed by atoms with Crippen LogP contribution in [-0.4, -0.2) is 58.9 Å². The number of hydrogen-bond donors (Lipinski definition) is 7. The number of fused-ring (bicyclic) bond motifs is 1. The Bertz CT molecular complexity index is 629. The Hall–Kier alpha value is -1.95. The normalized spacial score (nSPS) is 28.2. The molecular formula is C19H36N6O5. The summed E-state index contributed by atoms with van der Waals surface area (Å²) in [6, 6.07) is -0.428. The highest BCUT2D eigenvalue weighted by atomic mass is 16.5. The largest absolute Gasteiger partial charge is 0.464 e. The minimum atomic E-state index is -2.22. The fourth-order valence-corrected chi connectivity index (χ4v) is 4.55. The predicted octanol–water partition coefficient (Wildman–Crippen LogP) is -1.35. The number of nitrogens with zero attached hydrogens (tertiary/aromatic N) is 1. The quantitative estimate of drug-likeness (QED) is 0.0582. The van der Waals surface area contributed by atoms with Crippen LogP contribution in [0.4, 0.5) is 0 Å². The third kappa shape index (κ3) is 7.08. The van der Waals surface area contributed by atoms with Crippen molar-refractivity contribution in [2.45, 2.75) is 70.2 Å². The smallest absolute Gasteiger partial charge is 0.323 e. The van der Waals surface area contributed by atoms with Gasteiger partial charge in [0, 0.05) is 25.8 Å². The summed E-state index contributed by atoms with van der Waals surface area (Å²) in [6.07, 6.45) is 3.85. The second-order valence-electron chi connectivity index (χ2n) is 8.60. The number of aliphatic hydroxyl groups is 2. The highest BCUT2D eigenvalue weighted by Crippen LogP contribution is 2.41. The predicted molar refractivity (Wildman–Crippen MR) is 110 cm³/mol. The van der Waals surface area contributed by atoms with Crippen LogP contribution in [0.2, 0.25) is 0 Å². The lowest BCUT2D eigenvalue weighted by molar-refractivity contribution is -0.148. The van der Waals surface area contributed by atoms with E-state index in [1.165, 1.54) is 6.92 Å². The molecule has 1 saturated heterocycles. The zero-order valence-electron chi connectivity index (χ0n) is 17.8. The van der Waals surface area contributed by atoms with Crippen molar-refractivity contribution in [2.24, 2.45) is 34.4 Å². The van der Waals surface area contributed by atoms with E-state index in [9.17, 15) is 19.8 Å². The van der Waals surface area contributed by atoms with Crippen LogP contribution in [0.25, 0.3) is 0 Å². The van der Waals surface area contributed by atoms with Crippen LogP contribution in [0.3, 0.4) is 0 Å². The van der Waals surface area contributed by atoms with Gasteiger partial charge in [-0.25, -0.2) is 11.4 Å². The van der Waals surface area contributed by atoms with Gasteiger partial charge in [-0.1, -0.05) is 0 Å². The van der Waals surface area contributed by atoms with Gasteiger partial charge in [0.25, 0.3) is 0 Å². The van der Waals surface area contributed by atoms with Gasteiger partial charge in [-0.2, -0.15) is 0 Å². The van der Waals surface area contributed by atoms with Crippen molar-refractivity contribution in [2.75, 3.05) is 13.2 Å². The first-order chi connectivity index (χ1) is 14.1. The SMILES string of the molecule is CC(=O)NC(C)CCOC(=O)C1CC2CC(CC(O)(O)/C(N)=N/NN)CCC2CN1. The van der Waals surface area contributed by atoms with Crippen molar-refractivity contribution in [1.29, 1.82) is 0 Å². The maximum Gasteiger partial charge on any atom is 0.323 e. The van der Waals surface area contributed by atoms with E-state index >= 15 is 0 Å². The van der Waals surface area contributed by atoms with E-state index in [0.29, 0.717) is 24.7 Å². The van der Waals surface area contributed by atoms with E-state index in [4.69, 9.17) is 16.3 Å². The zero-order valence-corrected chi connectivity index (χ0v) is 17.8. The molecule has 2 aliphatic rings. The minimum absolute atomic E-state index is 0.0548. The monoisotopic (exact) mass is 428 g/mol. The number of nitrogens with two attached hydrogens (primary N) is 2. The molecule has 1 aliphatic carbocycles. The summed E-state index contributed by atoms with van der Waals surface area (Å²) >= 11 is 0. The number of amidine groups is 1. The van der Waals surface area contributed by atoms with Crippen LogP contribution in [0.15, 0.2) is 5.10 Å². The van der Waals surface area contributed by atoms with Crippen molar-refractivity contribution < 1.29 is 24.5 Å². The zero-order chi connectivity index (χ0) is 22.3. The number of hydrogen-bond acceptors (Lipinski definition) is 9. The Balaban J connectivity index is 1.82. The number of nitrogens with one attached hydrogen (secondary N) is 3. The number of rotatable bonds is 9. The van der Waals surface area contributed by atoms with Crippen LogP contribution in [0.1, 0.15) is 52.4 Å². The Morgan fingerprint density at radius 3 is 2.70 bits per heavy atom. The summed E-state index contributed by atoms with van der Waals surface area (Å²) in [5, 5.41) is 29.9. The third-order valence-electron chi connectivity index (χ3n) is 6.11. The fourth-order valence-electron chi connectivity index (χ4n) is 4.55. The van der Waals surface area contributed by atoms with Gasteiger partial charge in [-0.3, -0.25) is 9.59 Å². The molecule has 0 bridgehead atoms. The minimum Gasteiger partial charge on any atom is -0.464 e. The molecule has 172 valence electrons. The molecule has 11 nitrogen and oxygen atoms in total. The molecule has 9 N–H and O–H groups in total. The van der Waals surface area contributed by atoms with E-state index in [2.05, 4.69) is 15.7 Å². The first-order valence-electron chi connectivity index (χ1n) is 10.5. The van der Waals surface area contributed by atoms with Gasteiger partial charge in [-0.15, -0.1) is 5.10 Å². The lowest BCUT2D eigenvalue weighted by Crippen LogP contribution is -2.51. The van der Waals surface area contributed by atoms with Crippen LogP contribution >= 0.6 is 0 Å². The van der Waals surface area contributed by atoms with Crippen molar-refractivity contribution in [3.8, 4) is 0 Å². The summed E-state index contributed by atoms with van der Waals surface area (Å²) in [5.41, 5.74) is 7.55. The molecule has 0 aromatic heterocycles. The Kier molecular flexibility index (Phi) is 8.83. The van der Waals surface area contributed by atoms with Gasteiger partial charge in [0.15, 0.2) is 5.84 Å². The van der Waals surface area contributed by atoms with Gasteiger partial charge in [0.05, 0.1) is 6.61 Å². The molecule has 2 rings (SSSR count). The number of carbonyl (C=O) groups is 2. The molecule has 1 amide bonds.